The molecule has 2 aliphatic rings. The number of piperidine rings is 1. The highest BCUT2D eigenvalue weighted by atomic mass is 16.5. The van der Waals surface area contributed by atoms with E-state index in [4.69, 9.17) is 4.74 Å². The first kappa shape index (κ1) is 17.4. The predicted octanol–water partition coefficient (Wildman–Crippen LogP) is 1.41. The molecular formula is C19H28N2O3. The molecule has 5 heteroatoms. The van der Waals surface area contributed by atoms with Gasteiger partial charge in [0.2, 0.25) is 5.91 Å². The molecule has 0 aromatic heterocycles. The van der Waals surface area contributed by atoms with Gasteiger partial charge < -0.3 is 20.1 Å². The lowest BCUT2D eigenvalue weighted by Crippen LogP contribution is -2.39. The van der Waals surface area contributed by atoms with Crippen molar-refractivity contribution in [2.75, 3.05) is 33.3 Å². The van der Waals surface area contributed by atoms with E-state index in [1.165, 1.54) is 0 Å². The number of aliphatic hydroxyl groups is 1. The summed E-state index contributed by atoms with van der Waals surface area (Å²) in [7, 11) is 1.79. The molecule has 132 valence electrons. The van der Waals surface area contributed by atoms with Gasteiger partial charge in [0.25, 0.3) is 0 Å². The average molecular weight is 332 g/mol. The number of amides is 1. The molecule has 2 N–H and O–H groups in total. The van der Waals surface area contributed by atoms with Crippen molar-refractivity contribution in [2.45, 2.75) is 32.0 Å². The van der Waals surface area contributed by atoms with Crippen molar-refractivity contribution < 1.29 is 14.6 Å². The van der Waals surface area contributed by atoms with Gasteiger partial charge in [-0.05, 0) is 43.3 Å². The minimum Gasteiger partial charge on any atom is -0.389 e. The third-order valence-corrected chi connectivity index (χ3v) is 5.37. The second-order valence-electron chi connectivity index (χ2n) is 7.24. The Hall–Kier alpha value is -1.43. The van der Waals surface area contributed by atoms with E-state index in [0.29, 0.717) is 13.2 Å². The second kappa shape index (κ2) is 7.64. The first-order valence-corrected chi connectivity index (χ1v) is 8.86. The first-order valence-electron chi connectivity index (χ1n) is 8.86. The van der Waals surface area contributed by atoms with E-state index >= 15 is 0 Å². The predicted molar refractivity (Wildman–Crippen MR) is 92.4 cm³/mol. The van der Waals surface area contributed by atoms with E-state index in [-0.39, 0.29) is 23.8 Å². The Morgan fingerprint density at radius 1 is 1.38 bits per heavy atom. The number of nitrogens with one attached hydrogen (secondary N) is 1. The van der Waals surface area contributed by atoms with Crippen LogP contribution in [0.25, 0.3) is 0 Å². The maximum absolute atomic E-state index is 12.6. The highest BCUT2D eigenvalue weighted by molar-refractivity contribution is 5.82. The van der Waals surface area contributed by atoms with Gasteiger partial charge in [0.15, 0.2) is 0 Å². The van der Waals surface area contributed by atoms with Crippen LogP contribution < -0.4 is 5.32 Å². The van der Waals surface area contributed by atoms with Crippen LogP contribution in [0.15, 0.2) is 30.3 Å². The molecule has 2 fully saturated rings. The molecule has 3 rings (SSSR count). The van der Waals surface area contributed by atoms with Crippen LogP contribution in [0.3, 0.4) is 0 Å². The molecule has 2 unspecified atom stereocenters. The van der Waals surface area contributed by atoms with Crippen molar-refractivity contribution in [3.05, 3.63) is 35.9 Å². The molecule has 2 atom stereocenters. The quantitative estimate of drug-likeness (QED) is 0.793. The van der Waals surface area contributed by atoms with E-state index in [0.717, 1.165) is 37.9 Å². The van der Waals surface area contributed by atoms with Gasteiger partial charge in [-0.3, -0.25) is 4.79 Å². The van der Waals surface area contributed by atoms with Gasteiger partial charge in [-0.25, -0.2) is 0 Å². The smallest absolute Gasteiger partial charge is 0.226 e. The van der Waals surface area contributed by atoms with Crippen LogP contribution in [0.4, 0.5) is 0 Å². The molecule has 1 aromatic rings. The van der Waals surface area contributed by atoms with Crippen molar-refractivity contribution in [2.24, 2.45) is 11.3 Å². The van der Waals surface area contributed by atoms with E-state index in [1.807, 2.05) is 30.3 Å². The normalized spacial score (nSPS) is 23.0. The molecule has 1 heterocycles. The Morgan fingerprint density at radius 2 is 2.08 bits per heavy atom. The number of carbonyl (C=O) groups excluding carboxylic acids is 1. The number of aliphatic hydroxyl groups excluding tert-OH is 1. The van der Waals surface area contributed by atoms with E-state index in [1.54, 1.807) is 11.9 Å². The minimum atomic E-state index is -0.648. The number of hydrogen-bond donors (Lipinski definition) is 2. The van der Waals surface area contributed by atoms with Crippen molar-refractivity contribution in [3.63, 3.8) is 0 Å². The summed E-state index contributed by atoms with van der Waals surface area (Å²) in [6.07, 6.45) is 2.56. The average Bonchev–Trinajstić information content (AvgIpc) is 3.28. The standard InChI is InChI=1S/C19H28N2O3/c1-21(18(23)17-11-19(17)7-9-20-10-8-19)12-16(22)14-24-13-15-5-3-2-4-6-15/h2-6,16-17,20,22H,7-14H2,1H3. The lowest BCUT2D eigenvalue weighted by molar-refractivity contribution is -0.134. The Labute approximate surface area is 144 Å². The third kappa shape index (κ3) is 4.15. The van der Waals surface area contributed by atoms with Crippen molar-refractivity contribution in [1.82, 2.24) is 10.2 Å². The number of hydrogen-bond acceptors (Lipinski definition) is 4. The largest absolute Gasteiger partial charge is 0.389 e. The number of carbonyl (C=O) groups is 1. The van der Waals surface area contributed by atoms with Crippen LogP contribution in [-0.4, -0.2) is 55.3 Å². The van der Waals surface area contributed by atoms with E-state index < -0.39 is 6.10 Å². The summed E-state index contributed by atoms with van der Waals surface area (Å²) in [5.41, 5.74) is 1.32. The molecule has 1 spiro atoms. The van der Waals surface area contributed by atoms with Crippen molar-refractivity contribution >= 4 is 5.91 Å². The molecule has 1 aliphatic carbocycles. The molecular weight excluding hydrogens is 304 g/mol. The Balaban J connectivity index is 1.38. The van der Waals surface area contributed by atoms with Crippen LogP contribution in [0.2, 0.25) is 0 Å². The van der Waals surface area contributed by atoms with E-state index in [2.05, 4.69) is 5.32 Å². The number of benzene rings is 1. The van der Waals surface area contributed by atoms with Crippen LogP contribution in [0.1, 0.15) is 24.8 Å². The zero-order valence-corrected chi connectivity index (χ0v) is 14.4. The summed E-state index contributed by atoms with van der Waals surface area (Å²) >= 11 is 0. The molecule has 1 saturated heterocycles. The maximum Gasteiger partial charge on any atom is 0.226 e. The molecule has 24 heavy (non-hydrogen) atoms. The van der Waals surface area contributed by atoms with Crippen LogP contribution in [0.5, 0.6) is 0 Å². The van der Waals surface area contributed by atoms with Gasteiger partial charge in [-0.2, -0.15) is 0 Å². The molecule has 0 radical (unpaired) electrons. The number of nitrogens with zero attached hydrogens (tertiary/aromatic N) is 1. The summed E-state index contributed by atoms with van der Waals surface area (Å²) in [5.74, 6) is 0.334. The fraction of sp³-hybridized carbons (Fsp3) is 0.632. The summed E-state index contributed by atoms with van der Waals surface area (Å²) in [5, 5.41) is 13.5. The molecule has 1 aliphatic heterocycles. The highest BCUT2D eigenvalue weighted by Gasteiger charge is 2.58. The molecule has 1 saturated carbocycles. The Bertz CT molecular complexity index is 543. The minimum absolute atomic E-state index is 0.155. The third-order valence-electron chi connectivity index (χ3n) is 5.37. The van der Waals surface area contributed by atoms with E-state index in [9.17, 15) is 9.90 Å². The van der Waals surface area contributed by atoms with Crippen molar-refractivity contribution in [1.29, 1.82) is 0 Å². The topological polar surface area (TPSA) is 61.8 Å². The monoisotopic (exact) mass is 332 g/mol. The number of likely N-dealkylation sites (N-methyl/N-ethyl adjacent to an activating group) is 1. The van der Waals surface area contributed by atoms with Crippen LogP contribution in [-0.2, 0) is 16.1 Å². The van der Waals surface area contributed by atoms with Gasteiger partial charge in [-0.1, -0.05) is 30.3 Å². The second-order valence-corrected chi connectivity index (χ2v) is 7.24. The summed E-state index contributed by atoms with van der Waals surface area (Å²) < 4.78 is 5.55. The Morgan fingerprint density at radius 3 is 2.79 bits per heavy atom. The SMILES string of the molecule is CN(CC(O)COCc1ccccc1)C(=O)C1CC12CCNCC2. The Kier molecular flexibility index (Phi) is 5.54. The maximum atomic E-state index is 12.6. The molecule has 1 amide bonds. The number of ether oxygens (including phenoxy) is 1. The van der Waals surface area contributed by atoms with Gasteiger partial charge in [0, 0.05) is 19.5 Å². The fourth-order valence-electron chi connectivity index (χ4n) is 3.79. The fourth-order valence-corrected chi connectivity index (χ4v) is 3.79. The van der Waals surface area contributed by atoms with Gasteiger partial charge in [0.1, 0.15) is 0 Å². The van der Waals surface area contributed by atoms with Crippen molar-refractivity contribution in [3.8, 4) is 0 Å². The zero-order chi connectivity index (χ0) is 17.0. The lowest BCUT2D eigenvalue weighted by atomic mass is 9.91. The van der Waals surface area contributed by atoms with Crippen LogP contribution >= 0.6 is 0 Å². The van der Waals surface area contributed by atoms with Gasteiger partial charge in [-0.15, -0.1) is 0 Å². The molecule has 0 bridgehead atoms. The summed E-state index contributed by atoms with van der Waals surface area (Å²) in [6, 6.07) is 9.88. The van der Waals surface area contributed by atoms with Gasteiger partial charge >= 0.3 is 0 Å². The summed E-state index contributed by atoms with van der Waals surface area (Å²) in [6.45, 7) is 3.09. The molecule has 5 nitrogen and oxygen atoms in total. The van der Waals surface area contributed by atoms with Gasteiger partial charge in [0.05, 0.1) is 19.3 Å². The molecule has 1 aromatic carbocycles. The lowest BCUT2D eigenvalue weighted by Gasteiger charge is -2.26. The first-order chi connectivity index (χ1) is 11.6. The van der Waals surface area contributed by atoms with Crippen LogP contribution in [0, 0.1) is 11.3 Å². The summed E-state index contributed by atoms with van der Waals surface area (Å²) in [4.78, 5) is 14.2. The highest BCUT2D eigenvalue weighted by Crippen LogP contribution is 2.59. The zero-order valence-electron chi connectivity index (χ0n) is 14.4. The number of rotatable bonds is 7.